The lowest BCUT2D eigenvalue weighted by molar-refractivity contribution is 0.0786. The van der Waals surface area contributed by atoms with E-state index in [1.807, 2.05) is 43.3 Å². The summed E-state index contributed by atoms with van der Waals surface area (Å²) in [7, 11) is 1.76. The van der Waals surface area contributed by atoms with Crippen LogP contribution in [0.3, 0.4) is 0 Å². The Morgan fingerprint density at radius 3 is 2.44 bits per heavy atom. The van der Waals surface area contributed by atoms with Crippen molar-refractivity contribution in [3.05, 3.63) is 82.5 Å². The molecule has 0 radical (unpaired) electrons. The first-order valence-electron chi connectivity index (χ1n) is 11.4. The second kappa shape index (κ2) is 8.74. The molecule has 0 unspecified atom stereocenters. The van der Waals surface area contributed by atoms with Crippen LogP contribution in [0.1, 0.15) is 50.4 Å². The van der Waals surface area contributed by atoms with Crippen LogP contribution in [0.4, 0.5) is 0 Å². The van der Waals surface area contributed by atoms with E-state index in [2.05, 4.69) is 15.5 Å². The summed E-state index contributed by atoms with van der Waals surface area (Å²) in [5.74, 6) is -0.202. The van der Waals surface area contributed by atoms with Crippen molar-refractivity contribution in [1.29, 1.82) is 0 Å². The highest BCUT2D eigenvalue weighted by Crippen LogP contribution is 2.28. The number of carbonyl (C=O) groups excluding carboxylic acids is 2. The number of aryl methyl sites for hydroxylation is 2. The quantitative estimate of drug-likeness (QED) is 0.457. The van der Waals surface area contributed by atoms with Crippen molar-refractivity contribution in [2.45, 2.75) is 39.3 Å². The van der Waals surface area contributed by atoms with Gasteiger partial charge in [0.05, 0.1) is 22.3 Å². The maximum Gasteiger partial charge on any atom is 0.259 e. The van der Waals surface area contributed by atoms with Crippen LogP contribution in [-0.4, -0.2) is 39.9 Å². The van der Waals surface area contributed by atoms with Crippen LogP contribution in [0, 0.1) is 13.8 Å². The van der Waals surface area contributed by atoms with Gasteiger partial charge in [-0.15, -0.1) is 0 Å². The lowest BCUT2D eigenvalue weighted by Gasteiger charge is -2.18. The number of fused-ring (bicyclic) bond motifs is 1. The molecule has 7 heteroatoms. The molecule has 0 spiro atoms. The Morgan fingerprint density at radius 1 is 1.06 bits per heavy atom. The van der Waals surface area contributed by atoms with E-state index in [4.69, 9.17) is 4.52 Å². The number of pyridine rings is 1. The first-order valence-corrected chi connectivity index (χ1v) is 11.4. The fourth-order valence-electron chi connectivity index (χ4n) is 3.94. The number of hydrogen-bond donors (Lipinski definition) is 1. The molecule has 1 N–H and O–H groups in total. The first-order chi connectivity index (χ1) is 16.4. The monoisotopic (exact) mass is 454 g/mol. The average molecular weight is 455 g/mol. The van der Waals surface area contributed by atoms with E-state index >= 15 is 0 Å². The third-order valence-corrected chi connectivity index (χ3v) is 6.09. The standard InChI is InChI=1S/C27H26N4O3/c1-16-4-8-19(9-5-16)23-14-22(24-17(2)30-34-26(24)29-23)27(33)31(3)15-18-6-10-20(11-7-18)25(32)28-21-12-13-21/h4-11,14,21H,12-13,15H2,1-3H3,(H,28,32). The molecule has 2 aromatic carbocycles. The number of benzene rings is 2. The molecule has 1 fully saturated rings. The molecule has 1 aliphatic carbocycles. The van der Waals surface area contributed by atoms with Gasteiger partial charge in [-0.2, -0.15) is 0 Å². The van der Waals surface area contributed by atoms with Crippen molar-refractivity contribution in [2.24, 2.45) is 0 Å². The molecular weight excluding hydrogens is 428 g/mol. The second-order valence-electron chi connectivity index (χ2n) is 8.98. The van der Waals surface area contributed by atoms with Crippen LogP contribution in [0.5, 0.6) is 0 Å². The summed E-state index contributed by atoms with van der Waals surface area (Å²) >= 11 is 0. The lowest BCUT2D eigenvalue weighted by Crippen LogP contribution is -2.27. The summed E-state index contributed by atoms with van der Waals surface area (Å²) in [6.07, 6.45) is 2.10. The van der Waals surface area contributed by atoms with E-state index in [9.17, 15) is 9.59 Å². The highest BCUT2D eigenvalue weighted by molar-refractivity contribution is 6.06. The van der Waals surface area contributed by atoms with Crippen LogP contribution in [0.2, 0.25) is 0 Å². The molecule has 2 aromatic heterocycles. The van der Waals surface area contributed by atoms with Gasteiger partial charge in [0.15, 0.2) is 0 Å². The largest absolute Gasteiger partial charge is 0.349 e. The van der Waals surface area contributed by atoms with Gasteiger partial charge in [-0.25, -0.2) is 4.98 Å². The number of amides is 2. The highest BCUT2D eigenvalue weighted by Gasteiger charge is 2.24. The summed E-state index contributed by atoms with van der Waals surface area (Å²) in [6, 6.07) is 17.5. The third-order valence-electron chi connectivity index (χ3n) is 6.09. The summed E-state index contributed by atoms with van der Waals surface area (Å²) in [5, 5.41) is 7.65. The fraction of sp³-hybridized carbons (Fsp3) is 0.259. The normalized spacial score (nSPS) is 13.1. The predicted molar refractivity (Wildman–Crippen MR) is 129 cm³/mol. The van der Waals surface area contributed by atoms with E-state index in [1.165, 1.54) is 0 Å². The molecule has 0 bridgehead atoms. The maximum absolute atomic E-state index is 13.5. The number of nitrogens with zero attached hydrogens (tertiary/aromatic N) is 3. The zero-order valence-electron chi connectivity index (χ0n) is 19.5. The van der Waals surface area contributed by atoms with E-state index in [1.54, 1.807) is 37.1 Å². The van der Waals surface area contributed by atoms with Crippen molar-refractivity contribution >= 4 is 22.9 Å². The molecule has 5 rings (SSSR count). The van der Waals surface area contributed by atoms with Crippen molar-refractivity contribution in [3.63, 3.8) is 0 Å². The molecule has 1 saturated carbocycles. The van der Waals surface area contributed by atoms with Gasteiger partial charge in [-0.1, -0.05) is 47.1 Å². The first kappa shape index (κ1) is 21.8. The molecule has 34 heavy (non-hydrogen) atoms. The number of carbonyl (C=O) groups is 2. The van der Waals surface area contributed by atoms with Crippen molar-refractivity contribution in [2.75, 3.05) is 7.05 Å². The molecule has 4 aromatic rings. The molecule has 2 amide bonds. The summed E-state index contributed by atoms with van der Waals surface area (Å²) in [6.45, 7) is 4.23. The molecule has 7 nitrogen and oxygen atoms in total. The Labute approximate surface area is 197 Å². The van der Waals surface area contributed by atoms with Crippen LogP contribution in [0.25, 0.3) is 22.4 Å². The highest BCUT2D eigenvalue weighted by atomic mass is 16.5. The smallest absolute Gasteiger partial charge is 0.259 e. The zero-order chi connectivity index (χ0) is 23.8. The topological polar surface area (TPSA) is 88.3 Å². The van der Waals surface area contributed by atoms with E-state index in [-0.39, 0.29) is 11.8 Å². The van der Waals surface area contributed by atoms with Gasteiger partial charge in [-0.3, -0.25) is 9.59 Å². The van der Waals surface area contributed by atoms with E-state index in [0.717, 1.165) is 29.5 Å². The predicted octanol–water partition coefficient (Wildman–Crippen LogP) is 4.67. The molecule has 1 aliphatic rings. The Bertz CT molecular complexity index is 1370. The van der Waals surface area contributed by atoms with Gasteiger partial charge in [0, 0.05) is 30.8 Å². The number of hydrogen-bond acceptors (Lipinski definition) is 5. The fourth-order valence-corrected chi connectivity index (χ4v) is 3.94. The summed E-state index contributed by atoms with van der Waals surface area (Å²) < 4.78 is 5.42. The van der Waals surface area contributed by atoms with Crippen LogP contribution in [0.15, 0.2) is 59.1 Å². The minimum absolute atomic E-state index is 0.0516. The number of rotatable bonds is 6. The lowest BCUT2D eigenvalue weighted by atomic mass is 10.0. The maximum atomic E-state index is 13.5. The molecule has 0 aliphatic heterocycles. The molecule has 0 atom stereocenters. The van der Waals surface area contributed by atoms with Gasteiger partial charge < -0.3 is 14.7 Å². The molecule has 172 valence electrons. The van der Waals surface area contributed by atoms with Crippen LogP contribution in [-0.2, 0) is 6.54 Å². The van der Waals surface area contributed by atoms with Crippen LogP contribution < -0.4 is 5.32 Å². The third kappa shape index (κ3) is 4.41. The number of nitrogens with one attached hydrogen (secondary N) is 1. The second-order valence-corrected chi connectivity index (χ2v) is 8.98. The Hall–Kier alpha value is -4.00. The van der Waals surface area contributed by atoms with E-state index in [0.29, 0.717) is 46.2 Å². The number of aromatic nitrogens is 2. The van der Waals surface area contributed by atoms with Gasteiger partial charge in [-0.05, 0) is 50.5 Å². The summed E-state index contributed by atoms with van der Waals surface area (Å²) in [4.78, 5) is 32.0. The minimum Gasteiger partial charge on any atom is -0.349 e. The van der Waals surface area contributed by atoms with Gasteiger partial charge in [0.1, 0.15) is 0 Å². The van der Waals surface area contributed by atoms with Gasteiger partial charge in [0.25, 0.3) is 17.5 Å². The summed E-state index contributed by atoms with van der Waals surface area (Å²) in [5.41, 5.74) is 5.74. The van der Waals surface area contributed by atoms with Crippen molar-refractivity contribution < 1.29 is 14.1 Å². The Morgan fingerprint density at radius 2 is 1.76 bits per heavy atom. The SMILES string of the molecule is Cc1ccc(-c2cc(C(=O)N(C)Cc3ccc(C(=O)NC4CC4)cc3)c3c(C)noc3n2)cc1. The van der Waals surface area contributed by atoms with Gasteiger partial charge in [0.2, 0.25) is 0 Å². The van der Waals surface area contributed by atoms with Crippen LogP contribution >= 0.6 is 0 Å². The van der Waals surface area contributed by atoms with E-state index < -0.39 is 0 Å². The van der Waals surface area contributed by atoms with Crippen molar-refractivity contribution in [3.8, 4) is 11.3 Å². The Balaban J connectivity index is 1.40. The molecule has 0 saturated heterocycles. The zero-order valence-corrected chi connectivity index (χ0v) is 19.5. The average Bonchev–Trinajstić information content (AvgIpc) is 3.58. The minimum atomic E-state index is -0.150. The molecule has 2 heterocycles. The molecular formula is C27H26N4O3. The van der Waals surface area contributed by atoms with Crippen molar-refractivity contribution in [1.82, 2.24) is 20.4 Å². The van der Waals surface area contributed by atoms with Gasteiger partial charge >= 0.3 is 0 Å². The Kier molecular flexibility index (Phi) is 5.61.